The highest BCUT2D eigenvalue weighted by molar-refractivity contribution is 7.21. The van der Waals surface area contributed by atoms with Crippen molar-refractivity contribution in [1.29, 1.82) is 0 Å². The van der Waals surface area contributed by atoms with Crippen molar-refractivity contribution < 1.29 is 23.5 Å². The number of para-hydroxylation sites is 1. The first-order chi connectivity index (χ1) is 14.1. The summed E-state index contributed by atoms with van der Waals surface area (Å²) in [6.07, 6.45) is 0. The second-order valence-electron chi connectivity index (χ2n) is 6.28. The van der Waals surface area contributed by atoms with Crippen LogP contribution in [0, 0.1) is 6.92 Å². The average molecular weight is 407 g/mol. The van der Waals surface area contributed by atoms with Crippen LogP contribution in [0.15, 0.2) is 59.0 Å². The van der Waals surface area contributed by atoms with Crippen molar-refractivity contribution in [2.45, 2.75) is 13.5 Å². The van der Waals surface area contributed by atoms with Gasteiger partial charge in [0.15, 0.2) is 0 Å². The van der Waals surface area contributed by atoms with Gasteiger partial charge in [0, 0.05) is 5.56 Å². The Morgan fingerprint density at radius 3 is 2.59 bits per heavy atom. The van der Waals surface area contributed by atoms with E-state index in [1.54, 1.807) is 19.1 Å². The lowest BCUT2D eigenvalue weighted by atomic mass is 10.1. The second-order valence-corrected chi connectivity index (χ2v) is 7.31. The number of carbonyl (C=O) groups excluding carboxylic acids is 2. The Balaban J connectivity index is 1.56. The largest absolute Gasteiger partial charge is 0.465 e. The summed E-state index contributed by atoms with van der Waals surface area (Å²) >= 11 is 1.52. The Kier molecular flexibility index (Phi) is 5.14. The number of aromatic nitrogens is 1. The third-order valence-corrected chi connectivity index (χ3v) is 5.46. The highest BCUT2D eigenvalue weighted by Gasteiger charge is 2.19. The second kappa shape index (κ2) is 7.89. The van der Waals surface area contributed by atoms with Gasteiger partial charge in [0.05, 0.1) is 22.9 Å². The molecule has 0 radical (unpaired) electrons. The Hall–Kier alpha value is -3.45. The van der Waals surface area contributed by atoms with E-state index < -0.39 is 11.9 Å². The molecular weight excluding hydrogens is 390 g/mol. The van der Waals surface area contributed by atoms with Gasteiger partial charge in [0.1, 0.15) is 28.7 Å². The van der Waals surface area contributed by atoms with Crippen LogP contribution in [-0.2, 0) is 16.1 Å². The quantitative estimate of drug-likeness (QED) is 0.433. The van der Waals surface area contributed by atoms with Gasteiger partial charge in [-0.1, -0.05) is 30.3 Å². The number of furan rings is 1. The number of rotatable bonds is 5. The summed E-state index contributed by atoms with van der Waals surface area (Å²) < 4.78 is 16.7. The summed E-state index contributed by atoms with van der Waals surface area (Å²) in [4.78, 5) is 29.0. The van der Waals surface area contributed by atoms with Gasteiger partial charge in [-0.05, 0) is 31.2 Å². The molecule has 0 aliphatic heterocycles. The highest BCUT2D eigenvalue weighted by atomic mass is 32.1. The maximum absolute atomic E-state index is 12.7. The highest BCUT2D eigenvalue weighted by Crippen LogP contribution is 2.32. The molecule has 0 fully saturated rings. The summed E-state index contributed by atoms with van der Waals surface area (Å²) in [6, 6.07) is 16.5. The average Bonchev–Trinajstić information content (AvgIpc) is 3.34. The molecule has 6 nitrogen and oxygen atoms in total. The number of aryl methyl sites for hydroxylation is 1. The van der Waals surface area contributed by atoms with Crippen LogP contribution in [0.4, 0.5) is 0 Å². The minimum absolute atomic E-state index is 0.0924. The number of methoxy groups -OCH3 is 1. The Morgan fingerprint density at radius 2 is 1.79 bits per heavy atom. The van der Waals surface area contributed by atoms with E-state index in [9.17, 15) is 9.59 Å². The van der Waals surface area contributed by atoms with E-state index in [1.165, 1.54) is 24.5 Å². The number of thiazole rings is 1. The first-order valence-electron chi connectivity index (χ1n) is 8.86. The topological polar surface area (TPSA) is 78.6 Å². The molecule has 0 atom stereocenters. The smallest absolute Gasteiger partial charge is 0.341 e. The van der Waals surface area contributed by atoms with E-state index in [2.05, 4.69) is 4.98 Å². The van der Waals surface area contributed by atoms with Crippen molar-refractivity contribution in [2.75, 3.05) is 7.11 Å². The van der Waals surface area contributed by atoms with Crippen molar-refractivity contribution in [1.82, 2.24) is 4.98 Å². The zero-order valence-corrected chi connectivity index (χ0v) is 16.6. The van der Waals surface area contributed by atoms with Gasteiger partial charge in [0.25, 0.3) is 0 Å². The summed E-state index contributed by atoms with van der Waals surface area (Å²) in [5, 5.41) is 0.751. The molecule has 2 aromatic heterocycles. The summed E-state index contributed by atoms with van der Waals surface area (Å²) in [7, 11) is 1.30. The van der Waals surface area contributed by atoms with E-state index in [0.717, 1.165) is 15.2 Å². The normalized spacial score (nSPS) is 10.8. The Labute approximate surface area is 170 Å². The maximum Gasteiger partial charge on any atom is 0.341 e. The van der Waals surface area contributed by atoms with Crippen LogP contribution in [0.25, 0.3) is 20.8 Å². The van der Waals surface area contributed by atoms with E-state index >= 15 is 0 Å². The van der Waals surface area contributed by atoms with E-state index in [-0.39, 0.29) is 6.61 Å². The zero-order chi connectivity index (χ0) is 20.4. The van der Waals surface area contributed by atoms with E-state index in [4.69, 9.17) is 13.9 Å². The van der Waals surface area contributed by atoms with Gasteiger partial charge in [-0.15, -0.1) is 11.3 Å². The molecular formula is C22H17NO5S. The molecule has 2 aromatic carbocycles. The first kappa shape index (κ1) is 18.9. The fourth-order valence-corrected chi connectivity index (χ4v) is 3.98. The molecule has 0 unspecified atom stereocenters. The van der Waals surface area contributed by atoms with Gasteiger partial charge in [-0.2, -0.15) is 0 Å². The van der Waals surface area contributed by atoms with Crippen LogP contribution >= 0.6 is 11.3 Å². The van der Waals surface area contributed by atoms with Crippen LogP contribution < -0.4 is 0 Å². The lowest BCUT2D eigenvalue weighted by Crippen LogP contribution is -2.06. The van der Waals surface area contributed by atoms with Crippen LogP contribution in [0.1, 0.15) is 32.2 Å². The minimum Gasteiger partial charge on any atom is -0.465 e. The van der Waals surface area contributed by atoms with Crippen LogP contribution in [-0.4, -0.2) is 24.0 Å². The molecule has 0 bridgehead atoms. The number of fused-ring (bicyclic) bond motifs is 1. The lowest BCUT2D eigenvalue weighted by molar-refractivity contribution is 0.0444. The third kappa shape index (κ3) is 3.77. The molecule has 0 saturated heterocycles. The molecule has 0 N–H and O–H groups in total. The fraction of sp³-hybridized carbons (Fsp3) is 0.136. The van der Waals surface area contributed by atoms with Crippen LogP contribution in [0.2, 0.25) is 0 Å². The predicted molar refractivity (Wildman–Crippen MR) is 109 cm³/mol. The summed E-state index contributed by atoms with van der Waals surface area (Å²) in [6.45, 7) is 1.56. The Morgan fingerprint density at radius 1 is 1.03 bits per heavy atom. The predicted octanol–water partition coefficient (Wildman–Crippen LogP) is 5.01. The number of esters is 2. The molecule has 4 rings (SSSR count). The molecule has 4 aromatic rings. The molecule has 2 heterocycles. The fourth-order valence-electron chi connectivity index (χ4n) is 2.98. The number of nitrogens with zero attached hydrogens (tertiary/aromatic N) is 1. The van der Waals surface area contributed by atoms with Crippen molar-refractivity contribution >= 4 is 33.5 Å². The first-order valence-corrected chi connectivity index (χ1v) is 9.68. The molecule has 7 heteroatoms. The van der Waals surface area contributed by atoms with Crippen molar-refractivity contribution in [3.63, 3.8) is 0 Å². The summed E-state index contributed by atoms with van der Waals surface area (Å²) in [5.41, 5.74) is 2.33. The van der Waals surface area contributed by atoms with Gasteiger partial charge in [-0.3, -0.25) is 0 Å². The molecule has 29 heavy (non-hydrogen) atoms. The van der Waals surface area contributed by atoms with E-state index in [1.807, 2.05) is 36.4 Å². The zero-order valence-electron chi connectivity index (χ0n) is 15.8. The molecule has 0 amide bonds. The SMILES string of the molecule is COC(=O)c1cc(COC(=O)c2ccccc2-c2nc3ccccc3s2)oc1C. The van der Waals surface area contributed by atoms with E-state index in [0.29, 0.717) is 28.2 Å². The van der Waals surface area contributed by atoms with Gasteiger partial charge in [0.2, 0.25) is 0 Å². The standard InChI is InChI=1S/C22H17NO5S/c1-13-17(21(24)26-2)11-14(28-13)12-27-22(25)16-8-4-3-7-15(16)20-23-18-9-5-6-10-19(18)29-20/h3-11H,12H2,1-2H3. The molecule has 0 aliphatic carbocycles. The number of hydrogen-bond acceptors (Lipinski definition) is 7. The maximum atomic E-state index is 12.7. The molecule has 146 valence electrons. The number of ether oxygens (including phenoxy) is 2. The monoisotopic (exact) mass is 407 g/mol. The van der Waals surface area contributed by atoms with Crippen molar-refractivity contribution in [3.05, 3.63) is 77.2 Å². The number of hydrogen-bond donors (Lipinski definition) is 0. The Bertz CT molecular complexity index is 1170. The van der Waals surface area contributed by atoms with Gasteiger partial charge >= 0.3 is 11.9 Å². The van der Waals surface area contributed by atoms with Gasteiger partial charge < -0.3 is 13.9 Å². The third-order valence-electron chi connectivity index (χ3n) is 4.39. The molecule has 0 saturated carbocycles. The van der Waals surface area contributed by atoms with Crippen molar-refractivity contribution in [2.24, 2.45) is 0 Å². The summed E-state index contributed by atoms with van der Waals surface area (Å²) in [5.74, 6) is -0.204. The van der Waals surface area contributed by atoms with Crippen LogP contribution in [0.5, 0.6) is 0 Å². The number of benzene rings is 2. The number of carbonyl (C=O) groups is 2. The van der Waals surface area contributed by atoms with Crippen LogP contribution in [0.3, 0.4) is 0 Å². The minimum atomic E-state index is -0.495. The molecule has 0 spiro atoms. The lowest BCUT2D eigenvalue weighted by Gasteiger charge is -2.07. The molecule has 0 aliphatic rings. The van der Waals surface area contributed by atoms with Gasteiger partial charge in [-0.25, -0.2) is 14.6 Å². The van der Waals surface area contributed by atoms with Crippen molar-refractivity contribution in [3.8, 4) is 10.6 Å².